The molecule has 1 N–H and O–H groups in total. The van der Waals surface area contributed by atoms with Crippen LogP contribution in [0, 0.1) is 11.8 Å². The van der Waals surface area contributed by atoms with Crippen LogP contribution < -0.4 is 0 Å². The van der Waals surface area contributed by atoms with Crippen molar-refractivity contribution in [2.75, 3.05) is 0 Å². The molecule has 1 aliphatic carbocycles. The van der Waals surface area contributed by atoms with Crippen molar-refractivity contribution >= 4 is 17.6 Å². The highest BCUT2D eigenvalue weighted by molar-refractivity contribution is 6.31. The highest BCUT2D eigenvalue weighted by Gasteiger charge is 2.27. The Balaban J connectivity index is 2.93. The summed E-state index contributed by atoms with van der Waals surface area (Å²) in [6.07, 6.45) is 1.64. The molecule has 1 aliphatic rings. The second-order valence-electron chi connectivity index (χ2n) is 3.57. The van der Waals surface area contributed by atoms with Gasteiger partial charge in [-0.3, -0.25) is 0 Å². The summed E-state index contributed by atoms with van der Waals surface area (Å²) in [6.45, 7) is 4.01. The second kappa shape index (κ2) is 3.48. The topological polar surface area (TPSA) is 37.3 Å². The molecule has 2 unspecified atom stereocenters. The van der Waals surface area contributed by atoms with E-state index in [1.165, 1.54) is 0 Å². The van der Waals surface area contributed by atoms with Crippen LogP contribution in [0.1, 0.15) is 26.7 Å². The molecule has 0 aromatic heterocycles. The van der Waals surface area contributed by atoms with Crippen LogP contribution in [0.25, 0.3) is 0 Å². The first-order valence-corrected chi connectivity index (χ1v) is 4.52. The van der Waals surface area contributed by atoms with Crippen molar-refractivity contribution in [1.82, 2.24) is 0 Å². The molecule has 68 valence electrons. The monoisotopic (exact) mass is 188 g/mol. The third-order valence-electron chi connectivity index (χ3n) is 2.30. The van der Waals surface area contributed by atoms with Gasteiger partial charge in [-0.25, -0.2) is 4.79 Å². The van der Waals surface area contributed by atoms with Crippen LogP contribution in [0.2, 0.25) is 0 Å². The highest BCUT2D eigenvalue weighted by Crippen LogP contribution is 2.35. The molecule has 0 saturated carbocycles. The first kappa shape index (κ1) is 9.59. The number of hydrogen-bond donors (Lipinski definition) is 1. The van der Waals surface area contributed by atoms with Gasteiger partial charge in [0.25, 0.3) is 0 Å². The summed E-state index contributed by atoms with van der Waals surface area (Å²) in [6, 6.07) is 0. The van der Waals surface area contributed by atoms with Crippen LogP contribution in [-0.4, -0.2) is 11.1 Å². The number of carbonyl (C=O) groups is 1. The van der Waals surface area contributed by atoms with Crippen molar-refractivity contribution in [1.29, 1.82) is 0 Å². The lowest BCUT2D eigenvalue weighted by molar-refractivity contribution is -0.133. The molecule has 0 aromatic carbocycles. The Kier molecular flexibility index (Phi) is 2.78. The predicted octanol–water partition coefficient (Wildman–Crippen LogP) is 2.63. The van der Waals surface area contributed by atoms with Crippen LogP contribution in [0.4, 0.5) is 0 Å². The fourth-order valence-corrected chi connectivity index (χ4v) is 2.35. The van der Waals surface area contributed by atoms with E-state index in [0.29, 0.717) is 22.9 Å². The summed E-state index contributed by atoms with van der Waals surface area (Å²) in [7, 11) is 0. The second-order valence-corrected chi connectivity index (χ2v) is 4.03. The smallest absolute Gasteiger partial charge is 0.333 e. The molecule has 0 amide bonds. The molecular weight excluding hydrogens is 176 g/mol. The van der Waals surface area contributed by atoms with Crippen molar-refractivity contribution in [3.8, 4) is 0 Å². The number of carboxylic acid groups (broad SMARTS) is 1. The Hall–Kier alpha value is -0.500. The average Bonchev–Trinajstić information content (AvgIpc) is 1.82. The van der Waals surface area contributed by atoms with E-state index in [2.05, 4.69) is 6.92 Å². The lowest BCUT2D eigenvalue weighted by Gasteiger charge is -2.24. The molecule has 1 rings (SSSR count). The molecule has 0 bridgehead atoms. The van der Waals surface area contributed by atoms with Gasteiger partial charge >= 0.3 is 5.97 Å². The van der Waals surface area contributed by atoms with E-state index in [-0.39, 0.29) is 5.92 Å². The average molecular weight is 189 g/mol. The minimum Gasteiger partial charge on any atom is -0.478 e. The van der Waals surface area contributed by atoms with Gasteiger partial charge < -0.3 is 5.11 Å². The minimum absolute atomic E-state index is 0.0961. The van der Waals surface area contributed by atoms with Crippen LogP contribution in [0.3, 0.4) is 0 Å². The van der Waals surface area contributed by atoms with E-state index in [4.69, 9.17) is 16.7 Å². The Morgan fingerprint density at radius 2 is 2.17 bits per heavy atom. The molecule has 0 saturated heterocycles. The van der Waals surface area contributed by atoms with Crippen molar-refractivity contribution in [2.24, 2.45) is 11.8 Å². The molecule has 0 fully saturated rings. The van der Waals surface area contributed by atoms with Gasteiger partial charge in [-0.2, -0.15) is 0 Å². The Labute approximate surface area is 77.2 Å². The van der Waals surface area contributed by atoms with E-state index in [0.717, 1.165) is 6.42 Å². The maximum absolute atomic E-state index is 10.7. The molecule has 2 nitrogen and oxygen atoms in total. The Morgan fingerprint density at radius 1 is 1.58 bits per heavy atom. The third kappa shape index (κ3) is 1.81. The maximum atomic E-state index is 10.7. The van der Waals surface area contributed by atoms with Crippen molar-refractivity contribution < 1.29 is 9.90 Å². The van der Waals surface area contributed by atoms with Crippen molar-refractivity contribution in [3.63, 3.8) is 0 Å². The van der Waals surface area contributed by atoms with Crippen LogP contribution in [0.5, 0.6) is 0 Å². The van der Waals surface area contributed by atoms with Gasteiger partial charge in [0.15, 0.2) is 0 Å². The van der Waals surface area contributed by atoms with Gasteiger partial charge in [-0.15, -0.1) is 0 Å². The zero-order chi connectivity index (χ0) is 9.30. The Bertz CT molecular complexity index is 233. The summed E-state index contributed by atoms with van der Waals surface area (Å²) in [5.41, 5.74) is 0.412. The van der Waals surface area contributed by atoms with Gasteiger partial charge in [-0.05, 0) is 24.7 Å². The molecule has 0 spiro atoms. The van der Waals surface area contributed by atoms with Gasteiger partial charge in [0, 0.05) is 5.03 Å². The minimum atomic E-state index is -0.862. The number of hydrogen-bond acceptors (Lipinski definition) is 1. The SMILES string of the molecule is CC1CC(Cl)=C(C(=O)O)C(C)C1. The van der Waals surface area contributed by atoms with E-state index in [1.807, 2.05) is 6.92 Å². The van der Waals surface area contributed by atoms with E-state index in [1.54, 1.807) is 0 Å². The number of allylic oxidation sites excluding steroid dienone is 1. The lowest BCUT2D eigenvalue weighted by atomic mass is 9.83. The zero-order valence-electron chi connectivity index (χ0n) is 7.30. The molecular formula is C9H13ClO2. The number of carboxylic acids is 1. The number of aliphatic carboxylic acids is 1. The summed E-state index contributed by atoms with van der Waals surface area (Å²) >= 11 is 5.87. The molecule has 0 radical (unpaired) electrons. The van der Waals surface area contributed by atoms with Gasteiger partial charge in [0.1, 0.15) is 0 Å². The lowest BCUT2D eigenvalue weighted by Crippen LogP contribution is -2.19. The van der Waals surface area contributed by atoms with Crippen LogP contribution >= 0.6 is 11.6 Å². The molecule has 12 heavy (non-hydrogen) atoms. The van der Waals surface area contributed by atoms with E-state index in [9.17, 15) is 4.79 Å². The fourth-order valence-electron chi connectivity index (χ4n) is 1.81. The van der Waals surface area contributed by atoms with Crippen molar-refractivity contribution in [2.45, 2.75) is 26.7 Å². The highest BCUT2D eigenvalue weighted by atomic mass is 35.5. The van der Waals surface area contributed by atoms with Gasteiger partial charge in [-0.1, -0.05) is 25.4 Å². The third-order valence-corrected chi connectivity index (χ3v) is 2.66. The molecule has 0 aromatic rings. The fraction of sp³-hybridized carbons (Fsp3) is 0.667. The number of rotatable bonds is 1. The molecule has 0 aliphatic heterocycles. The summed E-state index contributed by atoms with van der Waals surface area (Å²) in [5.74, 6) is -0.256. The molecule has 3 heteroatoms. The summed E-state index contributed by atoms with van der Waals surface area (Å²) in [4.78, 5) is 10.7. The summed E-state index contributed by atoms with van der Waals surface area (Å²) < 4.78 is 0. The predicted molar refractivity (Wildman–Crippen MR) is 48.1 cm³/mol. The largest absolute Gasteiger partial charge is 0.478 e. The number of halogens is 1. The van der Waals surface area contributed by atoms with Crippen molar-refractivity contribution in [3.05, 3.63) is 10.6 Å². The normalized spacial score (nSPS) is 30.6. The van der Waals surface area contributed by atoms with Gasteiger partial charge in [0.2, 0.25) is 0 Å². The quantitative estimate of drug-likeness (QED) is 0.687. The van der Waals surface area contributed by atoms with E-state index < -0.39 is 5.97 Å². The standard InChI is InChI=1S/C9H13ClO2/c1-5-3-6(2)8(9(11)12)7(10)4-5/h5-6H,3-4H2,1-2H3,(H,11,12). The van der Waals surface area contributed by atoms with Crippen LogP contribution in [-0.2, 0) is 4.79 Å². The molecule has 2 atom stereocenters. The zero-order valence-corrected chi connectivity index (χ0v) is 8.06. The first-order chi connectivity index (χ1) is 5.52. The summed E-state index contributed by atoms with van der Waals surface area (Å²) in [5, 5.41) is 9.36. The Morgan fingerprint density at radius 3 is 2.58 bits per heavy atom. The molecule has 0 heterocycles. The van der Waals surface area contributed by atoms with Gasteiger partial charge in [0.05, 0.1) is 5.57 Å². The first-order valence-electron chi connectivity index (χ1n) is 4.14. The van der Waals surface area contributed by atoms with E-state index >= 15 is 0 Å². The maximum Gasteiger partial charge on any atom is 0.333 e. The van der Waals surface area contributed by atoms with Crippen LogP contribution in [0.15, 0.2) is 10.6 Å².